The summed E-state index contributed by atoms with van der Waals surface area (Å²) in [6.45, 7) is 2.68. The Morgan fingerprint density at radius 2 is 1.81 bits per heavy atom. The van der Waals surface area contributed by atoms with E-state index in [1.807, 2.05) is 18.2 Å². The van der Waals surface area contributed by atoms with Crippen molar-refractivity contribution in [2.24, 2.45) is 0 Å². The van der Waals surface area contributed by atoms with E-state index in [2.05, 4.69) is 45.2 Å². The average molecular weight is 417 g/mol. The molecule has 3 heterocycles. The van der Waals surface area contributed by atoms with Gasteiger partial charge in [0.25, 0.3) is 0 Å². The van der Waals surface area contributed by atoms with Crippen molar-refractivity contribution in [3.63, 3.8) is 0 Å². The zero-order chi connectivity index (χ0) is 18.5. The minimum absolute atomic E-state index is 0.294. The van der Waals surface area contributed by atoms with Gasteiger partial charge in [-0.25, -0.2) is 0 Å². The van der Waals surface area contributed by atoms with Crippen molar-refractivity contribution < 1.29 is 9.47 Å². The molecule has 0 saturated heterocycles. The molecular weight excluding hydrogens is 396 g/mol. The van der Waals surface area contributed by atoms with Crippen molar-refractivity contribution >= 4 is 40.0 Å². The van der Waals surface area contributed by atoms with Crippen molar-refractivity contribution in [1.82, 2.24) is 10.2 Å². The standard InChI is InChI=1S/C20H20N2O2S3/c25-20(21-12-15-5-6-18-19(11-15)24-14-23-18)22(13-17-4-2-10-27-17)8-7-16-3-1-9-26-16/h1-6,9-11H,7-8,12-14H2,(H,21,25). The highest BCUT2D eigenvalue weighted by atomic mass is 32.1. The molecule has 3 aromatic rings. The largest absolute Gasteiger partial charge is 0.454 e. The summed E-state index contributed by atoms with van der Waals surface area (Å²) in [7, 11) is 0. The lowest BCUT2D eigenvalue weighted by molar-refractivity contribution is 0.174. The van der Waals surface area contributed by atoms with Crippen LogP contribution in [0.5, 0.6) is 11.5 Å². The Morgan fingerprint density at radius 3 is 2.59 bits per heavy atom. The molecule has 0 saturated carbocycles. The molecule has 1 aromatic carbocycles. The molecular formula is C20H20N2O2S3. The summed E-state index contributed by atoms with van der Waals surface area (Å²) in [6.07, 6.45) is 0.995. The quantitative estimate of drug-likeness (QED) is 0.567. The van der Waals surface area contributed by atoms with Crippen molar-refractivity contribution in [1.29, 1.82) is 0 Å². The van der Waals surface area contributed by atoms with Gasteiger partial charge in [-0.3, -0.25) is 0 Å². The first-order valence-corrected chi connectivity index (χ1v) is 10.9. The number of nitrogens with one attached hydrogen (secondary N) is 1. The Kier molecular flexibility index (Phi) is 5.91. The van der Waals surface area contributed by atoms with Gasteiger partial charge in [0.1, 0.15) is 0 Å². The fraction of sp³-hybridized carbons (Fsp3) is 0.250. The van der Waals surface area contributed by atoms with Gasteiger partial charge in [0.05, 0.1) is 6.54 Å². The van der Waals surface area contributed by atoms with Crippen LogP contribution in [0.3, 0.4) is 0 Å². The fourth-order valence-corrected chi connectivity index (χ4v) is 4.53. The Balaban J connectivity index is 1.38. The zero-order valence-corrected chi connectivity index (χ0v) is 17.2. The van der Waals surface area contributed by atoms with Crippen molar-refractivity contribution in [2.75, 3.05) is 13.3 Å². The van der Waals surface area contributed by atoms with Gasteiger partial charge in [-0.05, 0) is 59.2 Å². The number of hydrogen-bond donors (Lipinski definition) is 1. The molecule has 0 aliphatic carbocycles. The van der Waals surface area contributed by atoms with Crippen LogP contribution in [0.25, 0.3) is 0 Å². The Bertz CT molecular complexity index is 879. The van der Waals surface area contributed by atoms with Crippen LogP contribution in [0.1, 0.15) is 15.3 Å². The second-order valence-corrected chi connectivity index (χ2v) is 8.63. The number of rotatable bonds is 7. The normalized spacial score (nSPS) is 12.1. The minimum Gasteiger partial charge on any atom is -0.454 e. The van der Waals surface area contributed by atoms with Crippen LogP contribution in [-0.2, 0) is 19.5 Å². The van der Waals surface area contributed by atoms with E-state index in [0.29, 0.717) is 13.3 Å². The first-order valence-electron chi connectivity index (χ1n) is 8.74. The third-order valence-electron chi connectivity index (χ3n) is 4.30. The number of ether oxygens (including phenoxy) is 2. The lowest BCUT2D eigenvalue weighted by Gasteiger charge is -2.25. The highest BCUT2D eigenvalue weighted by Crippen LogP contribution is 2.32. The number of fused-ring (bicyclic) bond motifs is 1. The predicted molar refractivity (Wildman–Crippen MR) is 115 cm³/mol. The SMILES string of the molecule is S=C(NCc1ccc2c(c1)OCO2)N(CCc1cccs1)Cc1cccs1. The molecule has 0 radical (unpaired) electrons. The first kappa shape index (κ1) is 18.3. The smallest absolute Gasteiger partial charge is 0.231 e. The molecule has 0 amide bonds. The van der Waals surface area contributed by atoms with E-state index >= 15 is 0 Å². The molecule has 0 spiro atoms. The molecule has 1 aliphatic heterocycles. The van der Waals surface area contributed by atoms with E-state index in [-0.39, 0.29) is 0 Å². The van der Waals surface area contributed by atoms with Crippen LogP contribution in [0.15, 0.2) is 53.2 Å². The zero-order valence-electron chi connectivity index (χ0n) is 14.7. The topological polar surface area (TPSA) is 33.7 Å². The predicted octanol–water partition coefficient (Wildman–Crippen LogP) is 4.66. The van der Waals surface area contributed by atoms with Crippen LogP contribution in [0.2, 0.25) is 0 Å². The molecule has 0 unspecified atom stereocenters. The van der Waals surface area contributed by atoms with Crippen molar-refractivity contribution in [3.8, 4) is 11.5 Å². The highest BCUT2D eigenvalue weighted by Gasteiger charge is 2.15. The van der Waals surface area contributed by atoms with E-state index in [1.165, 1.54) is 9.75 Å². The maximum absolute atomic E-state index is 5.71. The van der Waals surface area contributed by atoms with Gasteiger partial charge in [0.15, 0.2) is 16.6 Å². The van der Waals surface area contributed by atoms with Crippen LogP contribution >= 0.6 is 34.9 Å². The summed E-state index contributed by atoms with van der Waals surface area (Å²) in [5.41, 5.74) is 1.12. The summed E-state index contributed by atoms with van der Waals surface area (Å²) >= 11 is 9.26. The molecule has 0 bridgehead atoms. The molecule has 2 aromatic heterocycles. The van der Waals surface area contributed by atoms with Crippen LogP contribution in [0.4, 0.5) is 0 Å². The van der Waals surface area contributed by atoms with E-state index < -0.39 is 0 Å². The number of thiocarbonyl (C=S) groups is 1. The number of benzene rings is 1. The molecule has 0 fully saturated rings. The third kappa shape index (κ3) is 4.80. The summed E-state index contributed by atoms with van der Waals surface area (Å²) < 4.78 is 10.8. The van der Waals surface area contributed by atoms with Crippen LogP contribution in [-0.4, -0.2) is 23.4 Å². The van der Waals surface area contributed by atoms with E-state index in [4.69, 9.17) is 21.7 Å². The van der Waals surface area contributed by atoms with Gasteiger partial charge in [-0.1, -0.05) is 18.2 Å². The van der Waals surface area contributed by atoms with Gasteiger partial charge in [-0.2, -0.15) is 0 Å². The summed E-state index contributed by atoms with van der Waals surface area (Å²) in [5, 5.41) is 8.40. The lowest BCUT2D eigenvalue weighted by atomic mass is 10.2. The molecule has 0 atom stereocenters. The van der Waals surface area contributed by atoms with Crippen molar-refractivity contribution in [3.05, 3.63) is 68.5 Å². The Hall–Kier alpha value is -2.09. The van der Waals surface area contributed by atoms with Gasteiger partial charge < -0.3 is 19.7 Å². The molecule has 4 rings (SSSR count). The summed E-state index contributed by atoms with van der Waals surface area (Å²) in [5.74, 6) is 1.60. The monoisotopic (exact) mass is 416 g/mol. The number of hydrogen-bond acceptors (Lipinski definition) is 5. The summed E-state index contributed by atoms with van der Waals surface area (Å²) in [6, 6.07) is 14.5. The molecule has 27 heavy (non-hydrogen) atoms. The summed E-state index contributed by atoms with van der Waals surface area (Å²) in [4.78, 5) is 4.94. The molecule has 140 valence electrons. The molecule has 1 aliphatic rings. The van der Waals surface area contributed by atoms with Gasteiger partial charge >= 0.3 is 0 Å². The van der Waals surface area contributed by atoms with Gasteiger partial charge in [0, 0.05) is 22.8 Å². The molecule has 4 nitrogen and oxygen atoms in total. The van der Waals surface area contributed by atoms with E-state index in [0.717, 1.165) is 41.7 Å². The van der Waals surface area contributed by atoms with E-state index in [9.17, 15) is 0 Å². The van der Waals surface area contributed by atoms with Crippen LogP contribution < -0.4 is 14.8 Å². The molecule has 1 N–H and O–H groups in total. The highest BCUT2D eigenvalue weighted by molar-refractivity contribution is 7.80. The van der Waals surface area contributed by atoms with Crippen LogP contribution in [0, 0.1) is 0 Å². The maximum Gasteiger partial charge on any atom is 0.231 e. The van der Waals surface area contributed by atoms with Gasteiger partial charge in [0.2, 0.25) is 6.79 Å². The Morgan fingerprint density at radius 1 is 1.04 bits per heavy atom. The van der Waals surface area contributed by atoms with Crippen molar-refractivity contribution in [2.45, 2.75) is 19.5 Å². The number of thiophene rings is 2. The average Bonchev–Trinajstić information content (AvgIpc) is 3.45. The second kappa shape index (κ2) is 8.73. The van der Waals surface area contributed by atoms with E-state index in [1.54, 1.807) is 22.7 Å². The maximum atomic E-state index is 5.71. The first-order chi connectivity index (χ1) is 13.3. The fourth-order valence-electron chi connectivity index (χ4n) is 2.88. The van der Waals surface area contributed by atoms with Gasteiger partial charge in [-0.15, -0.1) is 22.7 Å². The lowest BCUT2D eigenvalue weighted by Crippen LogP contribution is -2.39. The second-order valence-electron chi connectivity index (χ2n) is 6.18. The Labute approximate surface area is 172 Å². The molecule has 7 heteroatoms. The number of nitrogens with zero attached hydrogens (tertiary/aromatic N) is 1. The third-order valence-corrected chi connectivity index (χ3v) is 6.50. The minimum atomic E-state index is 0.294.